The molecule has 1 aromatic heterocycles. The molecule has 0 radical (unpaired) electrons. The monoisotopic (exact) mass is 366 g/mol. The van der Waals surface area contributed by atoms with Gasteiger partial charge in [0.05, 0.1) is 26.4 Å². The second kappa shape index (κ2) is 7.03. The molecule has 3 aliphatic heterocycles. The van der Waals surface area contributed by atoms with Gasteiger partial charge in [-0.05, 0) is 11.4 Å². The number of likely N-dealkylation sites (tertiary alicyclic amines) is 1. The number of amides is 2. The molecule has 4 rings (SSSR count). The van der Waals surface area contributed by atoms with E-state index in [1.807, 2.05) is 22.4 Å². The third kappa shape index (κ3) is 3.44. The molecule has 1 spiro atoms. The van der Waals surface area contributed by atoms with Crippen LogP contribution in [0.25, 0.3) is 0 Å². The van der Waals surface area contributed by atoms with Gasteiger partial charge in [0, 0.05) is 30.8 Å². The summed E-state index contributed by atoms with van der Waals surface area (Å²) in [5, 5.41) is 1.97. The minimum absolute atomic E-state index is 0.0416. The third-order valence-electron chi connectivity index (χ3n) is 5.04. The lowest BCUT2D eigenvalue weighted by Gasteiger charge is -2.41. The molecule has 0 N–H and O–H groups in total. The quantitative estimate of drug-likeness (QED) is 0.793. The van der Waals surface area contributed by atoms with E-state index in [2.05, 4.69) is 0 Å². The molecule has 1 atom stereocenters. The van der Waals surface area contributed by atoms with Crippen molar-refractivity contribution in [2.45, 2.75) is 31.2 Å². The number of carbonyl (C=O) groups excluding carboxylic acids is 2. The zero-order valence-electron chi connectivity index (χ0n) is 14.0. The van der Waals surface area contributed by atoms with Gasteiger partial charge < -0.3 is 24.0 Å². The highest BCUT2D eigenvalue weighted by atomic mass is 32.1. The molecule has 7 nitrogen and oxygen atoms in total. The molecular weight excluding hydrogens is 344 g/mol. The predicted molar refractivity (Wildman–Crippen MR) is 89.9 cm³/mol. The van der Waals surface area contributed by atoms with Crippen LogP contribution in [0.3, 0.4) is 0 Å². The summed E-state index contributed by atoms with van der Waals surface area (Å²) in [5.41, 5.74) is 0. The van der Waals surface area contributed by atoms with Crippen molar-refractivity contribution in [2.75, 3.05) is 39.5 Å². The maximum absolute atomic E-state index is 13.0. The summed E-state index contributed by atoms with van der Waals surface area (Å²) < 4.78 is 16.8. The lowest BCUT2D eigenvalue weighted by Crippen LogP contribution is -2.58. The van der Waals surface area contributed by atoms with Gasteiger partial charge in [-0.1, -0.05) is 6.07 Å². The molecule has 0 saturated carbocycles. The molecule has 0 aliphatic carbocycles. The minimum Gasteiger partial charge on any atom is -0.369 e. The van der Waals surface area contributed by atoms with Crippen LogP contribution in [0.15, 0.2) is 17.5 Å². The zero-order valence-corrected chi connectivity index (χ0v) is 14.8. The van der Waals surface area contributed by atoms with Crippen molar-refractivity contribution in [3.8, 4) is 0 Å². The SMILES string of the molecule is O=C([C@H]1COCC(=O)N1Cc1cccs1)N1CCC2(CC1)OCCO2. The minimum atomic E-state index is -0.553. The van der Waals surface area contributed by atoms with Gasteiger partial charge >= 0.3 is 0 Å². The number of morpholine rings is 1. The van der Waals surface area contributed by atoms with Crippen LogP contribution in [0, 0.1) is 0 Å². The van der Waals surface area contributed by atoms with Crippen molar-refractivity contribution in [2.24, 2.45) is 0 Å². The van der Waals surface area contributed by atoms with Gasteiger partial charge in [-0.15, -0.1) is 11.3 Å². The first-order valence-corrected chi connectivity index (χ1v) is 9.51. The number of hydrogen-bond donors (Lipinski definition) is 0. The Balaban J connectivity index is 1.43. The van der Waals surface area contributed by atoms with Crippen molar-refractivity contribution in [3.63, 3.8) is 0 Å². The van der Waals surface area contributed by atoms with Gasteiger partial charge in [0.25, 0.3) is 0 Å². The van der Waals surface area contributed by atoms with Gasteiger partial charge in [-0.2, -0.15) is 0 Å². The van der Waals surface area contributed by atoms with E-state index in [4.69, 9.17) is 14.2 Å². The summed E-state index contributed by atoms with van der Waals surface area (Å²) in [7, 11) is 0. The van der Waals surface area contributed by atoms with Gasteiger partial charge in [-0.3, -0.25) is 9.59 Å². The molecule has 136 valence electrons. The van der Waals surface area contributed by atoms with Crippen LogP contribution in [0.1, 0.15) is 17.7 Å². The van der Waals surface area contributed by atoms with Crippen LogP contribution < -0.4 is 0 Å². The Bertz CT molecular complexity index is 619. The summed E-state index contributed by atoms with van der Waals surface area (Å²) in [5.74, 6) is -0.682. The van der Waals surface area contributed by atoms with Crippen LogP contribution >= 0.6 is 11.3 Å². The zero-order chi connectivity index (χ0) is 17.3. The number of rotatable bonds is 3. The first-order valence-electron chi connectivity index (χ1n) is 8.63. The van der Waals surface area contributed by atoms with Crippen LogP contribution in [-0.4, -0.2) is 73.0 Å². The van der Waals surface area contributed by atoms with Crippen LogP contribution in [0.2, 0.25) is 0 Å². The Kier molecular flexibility index (Phi) is 4.77. The number of thiophene rings is 1. The summed E-state index contributed by atoms with van der Waals surface area (Å²) >= 11 is 1.59. The Morgan fingerprint density at radius 2 is 2.04 bits per heavy atom. The Labute approximate surface area is 150 Å². The van der Waals surface area contributed by atoms with Crippen molar-refractivity contribution >= 4 is 23.2 Å². The molecule has 0 unspecified atom stereocenters. The Morgan fingerprint density at radius 1 is 1.28 bits per heavy atom. The average molecular weight is 366 g/mol. The van der Waals surface area contributed by atoms with Crippen molar-refractivity contribution in [3.05, 3.63) is 22.4 Å². The van der Waals surface area contributed by atoms with Gasteiger partial charge in [0.1, 0.15) is 12.6 Å². The van der Waals surface area contributed by atoms with Gasteiger partial charge in [0.15, 0.2) is 5.79 Å². The second-order valence-electron chi connectivity index (χ2n) is 6.56. The highest BCUT2D eigenvalue weighted by molar-refractivity contribution is 7.09. The van der Waals surface area contributed by atoms with E-state index in [0.717, 1.165) is 4.88 Å². The number of nitrogens with zero attached hydrogens (tertiary/aromatic N) is 2. The molecular formula is C17H22N2O5S. The molecule has 8 heteroatoms. The molecule has 2 amide bonds. The number of piperidine rings is 1. The van der Waals surface area contributed by atoms with E-state index in [1.54, 1.807) is 16.2 Å². The topological polar surface area (TPSA) is 68.3 Å². The van der Waals surface area contributed by atoms with E-state index >= 15 is 0 Å². The molecule has 25 heavy (non-hydrogen) atoms. The van der Waals surface area contributed by atoms with Crippen molar-refractivity contribution in [1.29, 1.82) is 0 Å². The summed E-state index contributed by atoms with van der Waals surface area (Å²) in [6.07, 6.45) is 1.34. The maximum Gasteiger partial charge on any atom is 0.249 e. The second-order valence-corrected chi connectivity index (χ2v) is 7.60. The van der Waals surface area contributed by atoms with Crippen LogP contribution in [0.5, 0.6) is 0 Å². The highest BCUT2D eigenvalue weighted by Gasteiger charge is 2.43. The molecule has 3 fully saturated rings. The molecule has 0 bridgehead atoms. The summed E-state index contributed by atoms with van der Waals surface area (Å²) in [6.45, 7) is 3.15. The lowest BCUT2D eigenvalue weighted by molar-refractivity contribution is -0.190. The Hall–Kier alpha value is -1.48. The lowest BCUT2D eigenvalue weighted by atomic mass is 10.0. The van der Waals surface area contributed by atoms with Crippen molar-refractivity contribution < 1.29 is 23.8 Å². The average Bonchev–Trinajstić information content (AvgIpc) is 3.29. The largest absolute Gasteiger partial charge is 0.369 e. The third-order valence-corrected chi connectivity index (χ3v) is 5.90. The van der Waals surface area contributed by atoms with Gasteiger partial charge in [-0.25, -0.2) is 0 Å². The molecule has 3 saturated heterocycles. The molecule has 0 aromatic carbocycles. The van der Waals surface area contributed by atoms with Crippen molar-refractivity contribution in [1.82, 2.24) is 9.80 Å². The van der Waals surface area contributed by atoms with E-state index in [0.29, 0.717) is 45.7 Å². The predicted octanol–water partition coefficient (Wildman–Crippen LogP) is 0.841. The normalized spacial score (nSPS) is 26.4. The van der Waals surface area contributed by atoms with Gasteiger partial charge in [0.2, 0.25) is 11.8 Å². The fourth-order valence-corrected chi connectivity index (χ4v) is 4.34. The number of ether oxygens (including phenoxy) is 3. The number of carbonyl (C=O) groups is 2. The van der Waals surface area contributed by atoms with E-state index in [1.165, 1.54) is 0 Å². The maximum atomic E-state index is 13.0. The number of hydrogen-bond acceptors (Lipinski definition) is 6. The Morgan fingerprint density at radius 3 is 2.72 bits per heavy atom. The van der Waals surface area contributed by atoms with E-state index in [-0.39, 0.29) is 25.0 Å². The fourth-order valence-electron chi connectivity index (χ4n) is 3.64. The standard InChI is InChI=1S/C17H22N2O5S/c20-15-12-22-11-14(19(15)10-13-2-1-9-25-13)16(21)18-5-3-17(4-6-18)23-7-8-24-17/h1-2,9,14H,3-8,10-12H2/t14-/m1/s1. The van der Waals surface area contributed by atoms with E-state index in [9.17, 15) is 9.59 Å². The summed E-state index contributed by atoms with van der Waals surface area (Å²) in [4.78, 5) is 29.9. The molecule has 1 aromatic rings. The van der Waals surface area contributed by atoms with Crippen LogP contribution in [0.4, 0.5) is 0 Å². The highest BCUT2D eigenvalue weighted by Crippen LogP contribution is 2.32. The first-order chi connectivity index (χ1) is 12.2. The fraction of sp³-hybridized carbons (Fsp3) is 0.647. The summed E-state index contributed by atoms with van der Waals surface area (Å²) in [6, 6.07) is 3.38. The molecule has 4 heterocycles. The molecule has 3 aliphatic rings. The first kappa shape index (κ1) is 17.0. The van der Waals surface area contributed by atoms with Crippen LogP contribution in [-0.2, 0) is 30.3 Å². The van der Waals surface area contributed by atoms with E-state index < -0.39 is 11.8 Å². The smallest absolute Gasteiger partial charge is 0.249 e.